The predicted octanol–water partition coefficient (Wildman–Crippen LogP) is 4.05. The Kier molecular flexibility index (Phi) is 4.59. The summed E-state index contributed by atoms with van der Waals surface area (Å²) in [6.07, 6.45) is -1.30. The summed E-state index contributed by atoms with van der Waals surface area (Å²) in [6, 6.07) is 2.33. The summed E-state index contributed by atoms with van der Waals surface area (Å²) in [6.45, 7) is 1.94. The van der Waals surface area contributed by atoms with E-state index in [4.69, 9.17) is 11.6 Å². The highest BCUT2D eigenvalue weighted by Gasteiger charge is 2.34. The lowest BCUT2D eigenvalue weighted by atomic mass is 10.1. The van der Waals surface area contributed by atoms with Crippen LogP contribution in [-0.2, 0) is 12.6 Å². The van der Waals surface area contributed by atoms with Gasteiger partial charge in [0.2, 0.25) is 0 Å². The maximum atomic E-state index is 12.6. The Hall–Kier alpha value is -0.770. The molecule has 0 bridgehead atoms. The lowest BCUT2D eigenvalue weighted by Gasteiger charge is -2.13. The predicted molar refractivity (Wildman–Crippen MR) is 57.5 cm³/mol. The van der Waals surface area contributed by atoms with Crippen molar-refractivity contribution < 1.29 is 13.2 Å². The van der Waals surface area contributed by atoms with Crippen molar-refractivity contribution in [1.82, 2.24) is 4.98 Å². The van der Waals surface area contributed by atoms with E-state index in [0.29, 0.717) is 6.42 Å². The molecule has 16 heavy (non-hydrogen) atoms. The van der Waals surface area contributed by atoms with Gasteiger partial charge in [-0.25, -0.2) is 0 Å². The quantitative estimate of drug-likeness (QED) is 0.736. The second-order valence-corrected chi connectivity index (χ2v) is 4.20. The topological polar surface area (TPSA) is 12.9 Å². The van der Waals surface area contributed by atoms with Gasteiger partial charge in [-0.2, -0.15) is 13.2 Å². The van der Waals surface area contributed by atoms with Gasteiger partial charge >= 0.3 is 6.18 Å². The Morgan fingerprint density at radius 2 is 2.12 bits per heavy atom. The van der Waals surface area contributed by atoms with Gasteiger partial charge in [0.15, 0.2) is 0 Å². The van der Waals surface area contributed by atoms with Crippen LogP contribution in [0, 0.1) is 0 Å². The minimum absolute atomic E-state index is 0.0310. The molecule has 1 aromatic rings. The molecule has 0 aliphatic carbocycles. The smallest absolute Gasteiger partial charge is 0.261 e. The van der Waals surface area contributed by atoms with Gasteiger partial charge in [-0.3, -0.25) is 4.98 Å². The van der Waals surface area contributed by atoms with Crippen molar-refractivity contribution in [2.75, 3.05) is 0 Å². The summed E-state index contributed by atoms with van der Waals surface area (Å²) in [7, 11) is 0. The van der Waals surface area contributed by atoms with Crippen LogP contribution in [0.4, 0.5) is 13.2 Å². The molecule has 0 N–H and O–H groups in total. The van der Waals surface area contributed by atoms with Gasteiger partial charge in [-0.15, -0.1) is 11.6 Å². The fourth-order valence-electron chi connectivity index (χ4n) is 1.48. The van der Waals surface area contributed by atoms with Crippen molar-refractivity contribution >= 4 is 11.6 Å². The number of rotatable bonds is 4. The summed E-state index contributed by atoms with van der Waals surface area (Å²) in [5, 5.41) is -0.291. The number of nitrogens with zero attached hydrogens (tertiary/aromatic N) is 1. The van der Waals surface area contributed by atoms with E-state index in [9.17, 15) is 13.2 Å². The van der Waals surface area contributed by atoms with E-state index in [1.807, 2.05) is 6.92 Å². The molecule has 0 saturated carbocycles. The van der Waals surface area contributed by atoms with Gasteiger partial charge in [-0.05, 0) is 18.6 Å². The number of pyridine rings is 1. The average molecular weight is 252 g/mol. The minimum atomic E-state index is -4.35. The van der Waals surface area contributed by atoms with E-state index >= 15 is 0 Å². The number of aromatic nitrogens is 1. The maximum absolute atomic E-state index is 12.6. The highest BCUT2D eigenvalue weighted by molar-refractivity contribution is 6.20. The Balaban J connectivity index is 2.87. The average Bonchev–Trinajstić information content (AvgIpc) is 2.17. The third-order valence-corrected chi connectivity index (χ3v) is 2.58. The first-order chi connectivity index (χ1) is 7.45. The van der Waals surface area contributed by atoms with E-state index in [0.717, 1.165) is 12.5 Å². The highest BCUT2D eigenvalue weighted by Crippen LogP contribution is 2.32. The SMILES string of the molecule is CCCC(Cl)Cc1ncccc1C(F)(F)F. The van der Waals surface area contributed by atoms with E-state index in [1.165, 1.54) is 12.3 Å². The molecule has 90 valence electrons. The van der Waals surface area contributed by atoms with Crippen molar-refractivity contribution in [2.24, 2.45) is 0 Å². The summed E-state index contributed by atoms with van der Waals surface area (Å²) >= 11 is 5.93. The van der Waals surface area contributed by atoms with Crippen LogP contribution in [0.2, 0.25) is 0 Å². The van der Waals surface area contributed by atoms with Gasteiger partial charge in [0.05, 0.1) is 11.3 Å². The number of hydrogen-bond acceptors (Lipinski definition) is 1. The molecule has 1 atom stereocenters. The molecular formula is C11H13ClF3N. The Bertz CT molecular complexity index is 338. The summed E-state index contributed by atoms with van der Waals surface area (Å²) in [5.41, 5.74) is -0.653. The molecule has 1 nitrogen and oxygen atoms in total. The molecule has 0 radical (unpaired) electrons. The van der Waals surface area contributed by atoms with Crippen LogP contribution in [0.25, 0.3) is 0 Å². The van der Waals surface area contributed by atoms with E-state index < -0.39 is 11.7 Å². The molecule has 1 unspecified atom stereocenters. The van der Waals surface area contributed by atoms with Gasteiger partial charge < -0.3 is 0 Å². The van der Waals surface area contributed by atoms with E-state index in [2.05, 4.69) is 4.98 Å². The first kappa shape index (κ1) is 13.3. The molecular weight excluding hydrogens is 239 g/mol. The van der Waals surface area contributed by atoms with Crippen LogP contribution in [0.3, 0.4) is 0 Å². The minimum Gasteiger partial charge on any atom is -0.261 e. The standard InChI is InChI=1S/C11H13ClF3N/c1-2-4-8(12)7-10-9(11(13,14)15)5-3-6-16-10/h3,5-6,8H,2,4,7H2,1H3. The van der Waals surface area contributed by atoms with E-state index in [1.54, 1.807) is 0 Å². The molecule has 0 saturated heterocycles. The van der Waals surface area contributed by atoms with Crippen LogP contribution in [0.15, 0.2) is 18.3 Å². The number of hydrogen-bond donors (Lipinski definition) is 0. The highest BCUT2D eigenvalue weighted by atomic mass is 35.5. The monoisotopic (exact) mass is 251 g/mol. The van der Waals surface area contributed by atoms with Crippen LogP contribution in [-0.4, -0.2) is 10.4 Å². The molecule has 0 aromatic carbocycles. The van der Waals surface area contributed by atoms with E-state index in [-0.39, 0.29) is 17.5 Å². The Morgan fingerprint density at radius 1 is 1.44 bits per heavy atom. The van der Waals surface area contributed by atoms with Gasteiger partial charge in [0, 0.05) is 18.0 Å². The van der Waals surface area contributed by atoms with Crippen LogP contribution in [0.5, 0.6) is 0 Å². The largest absolute Gasteiger partial charge is 0.418 e. The Morgan fingerprint density at radius 3 is 2.69 bits per heavy atom. The lowest BCUT2D eigenvalue weighted by Crippen LogP contribution is -2.14. The molecule has 0 aliphatic rings. The first-order valence-corrected chi connectivity index (χ1v) is 5.54. The molecule has 0 fully saturated rings. The van der Waals surface area contributed by atoms with Gasteiger partial charge in [0.25, 0.3) is 0 Å². The fraction of sp³-hybridized carbons (Fsp3) is 0.545. The molecule has 0 amide bonds. The van der Waals surface area contributed by atoms with Crippen LogP contribution >= 0.6 is 11.6 Å². The normalized spacial score (nSPS) is 13.8. The fourth-order valence-corrected chi connectivity index (χ4v) is 1.85. The second kappa shape index (κ2) is 5.53. The van der Waals surface area contributed by atoms with Crippen LogP contribution in [0.1, 0.15) is 31.0 Å². The number of halogens is 4. The second-order valence-electron chi connectivity index (χ2n) is 3.59. The molecule has 5 heteroatoms. The molecule has 1 rings (SSSR count). The van der Waals surface area contributed by atoms with Crippen molar-refractivity contribution in [1.29, 1.82) is 0 Å². The third-order valence-electron chi connectivity index (χ3n) is 2.21. The molecule has 1 aromatic heterocycles. The van der Waals surface area contributed by atoms with Crippen molar-refractivity contribution in [3.8, 4) is 0 Å². The van der Waals surface area contributed by atoms with Crippen molar-refractivity contribution in [3.05, 3.63) is 29.6 Å². The first-order valence-electron chi connectivity index (χ1n) is 5.10. The third kappa shape index (κ3) is 3.67. The maximum Gasteiger partial charge on any atom is 0.418 e. The zero-order valence-corrected chi connectivity index (χ0v) is 9.65. The van der Waals surface area contributed by atoms with Crippen molar-refractivity contribution in [2.45, 2.75) is 37.7 Å². The zero-order chi connectivity index (χ0) is 12.2. The Labute approximate surface area is 97.6 Å². The molecule has 0 aliphatic heterocycles. The van der Waals surface area contributed by atoms with Crippen LogP contribution < -0.4 is 0 Å². The molecule has 0 spiro atoms. The summed E-state index contributed by atoms with van der Waals surface area (Å²) in [5.74, 6) is 0. The number of alkyl halides is 4. The van der Waals surface area contributed by atoms with Gasteiger partial charge in [-0.1, -0.05) is 13.3 Å². The van der Waals surface area contributed by atoms with Gasteiger partial charge in [0.1, 0.15) is 0 Å². The molecule has 1 heterocycles. The summed E-state index contributed by atoms with van der Waals surface area (Å²) < 4.78 is 37.8. The lowest BCUT2D eigenvalue weighted by molar-refractivity contribution is -0.138. The zero-order valence-electron chi connectivity index (χ0n) is 8.89. The summed E-state index contributed by atoms with van der Waals surface area (Å²) in [4.78, 5) is 3.76. The van der Waals surface area contributed by atoms with Crippen molar-refractivity contribution in [3.63, 3.8) is 0 Å².